The molecule has 6 nitrogen and oxygen atoms in total. The molecular weight excluding hydrogens is 334 g/mol. The number of hydrogen-bond acceptors (Lipinski definition) is 6. The van der Waals surface area contributed by atoms with Gasteiger partial charge in [-0.1, -0.05) is 18.2 Å². The Morgan fingerprint density at radius 3 is 2.54 bits per heavy atom. The Morgan fingerprint density at radius 2 is 1.85 bits per heavy atom. The zero-order valence-corrected chi connectivity index (χ0v) is 14.3. The number of rotatable bonds is 5. The lowest BCUT2D eigenvalue weighted by atomic mass is 10.0. The molecule has 0 unspecified atom stereocenters. The van der Waals surface area contributed by atoms with Crippen molar-refractivity contribution in [2.45, 2.75) is 0 Å². The summed E-state index contributed by atoms with van der Waals surface area (Å²) in [6, 6.07) is 9.88. The molecule has 3 aromatic rings. The molecule has 1 aromatic heterocycles. The Balaban J connectivity index is 2.14. The molecule has 0 bridgehead atoms. The number of carbonyl (C=O) groups is 1. The van der Waals surface area contributed by atoms with Crippen molar-refractivity contribution in [1.82, 2.24) is 4.98 Å². The van der Waals surface area contributed by atoms with Crippen LogP contribution in [0.15, 0.2) is 48.7 Å². The van der Waals surface area contributed by atoms with Gasteiger partial charge in [0, 0.05) is 11.6 Å². The molecule has 3 rings (SSSR count). The maximum absolute atomic E-state index is 12.7. The number of ketones is 1. The second-order valence-electron chi connectivity index (χ2n) is 5.48. The van der Waals surface area contributed by atoms with Crippen LogP contribution in [0.1, 0.15) is 15.9 Å². The van der Waals surface area contributed by atoms with Crippen molar-refractivity contribution in [2.24, 2.45) is 0 Å². The minimum atomic E-state index is -0.478. The minimum Gasteiger partial charge on any atom is -0.508 e. The highest BCUT2D eigenvalue weighted by atomic mass is 16.5. The molecule has 0 amide bonds. The normalized spacial score (nSPS) is 11.0. The molecule has 0 saturated carbocycles. The molecule has 0 spiro atoms. The minimum absolute atomic E-state index is 0.0352. The highest BCUT2D eigenvalue weighted by Crippen LogP contribution is 2.44. The zero-order chi connectivity index (χ0) is 18.7. The molecule has 0 atom stereocenters. The van der Waals surface area contributed by atoms with Crippen LogP contribution in [0.25, 0.3) is 17.0 Å². The number of pyridine rings is 1. The van der Waals surface area contributed by atoms with Crippen molar-refractivity contribution in [1.29, 1.82) is 0 Å². The van der Waals surface area contributed by atoms with E-state index in [4.69, 9.17) is 9.47 Å². The molecular formula is C20H17NO5. The number of nitrogens with zero attached hydrogens (tertiary/aromatic N) is 1. The van der Waals surface area contributed by atoms with Crippen LogP contribution in [-0.4, -0.2) is 35.2 Å². The lowest BCUT2D eigenvalue weighted by Crippen LogP contribution is -2.03. The zero-order valence-electron chi connectivity index (χ0n) is 14.3. The molecule has 2 aromatic carbocycles. The number of carbonyl (C=O) groups excluding carboxylic acids is 1. The number of phenolic OH excluding ortho intramolecular Hbond substituents is 2. The fraction of sp³-hybridized carbons (Fsp3) is 0.100. The van der Waals surface area contributed by atoms with E-state index in [-0.39, 0.29) is 28.6 Å². The molecule has 0 fully saturated rings. The van der Waals surface area contributed by atoms with Crippen LogP contribution in [0.4, 0.5) is 0 Å². The summed E-state index contributed by atoms with van der Waals surface area (Å²) in [4.78, 5) is 17.0. The van der Waals surface area contributed by atoms with E-state index in [0.29, 0.717) is 16.5 Å². The van der Waals surface area contributed by atoms with Crippen LogP contribution < -0.4 is 9.47 Å². The van der Waals surface area contributed by atoms with Gasteiger partial charge in [-0.2, -0.15) is 0 Å². The summed E-state index contributed by atoms with van der Waals surface area (Å²) in [6.07, 6.45) is 4.40. The van der Waals surface area contributed by atoms with Gasteiger partial charge in [0.1, 0.15) is 16.8 Å². The Kier molecular flexibility index (Phi) is 4.75. The second kappa shape index (κ2) is 7.14. The number of phenols is 2. The van der Waals surface area contributed by atoms with Gasteiger partial charge in [-0.05, 0) is 35.9 Å². The molecule has 0 saturated heterocycles. The van der Waals surface area contributed by atoms with Gasteiger partial charge in [-0.15, -0.1) is 0 Å². The van der Waals surface area contributed by atoms with E-state index in [1.165, 1.54) is 38.5 Å². The van der Waals surface area contributed by atoms with E-state index < -0.39 is 5.78 Å². The lowest BCUT2D eigenvalue weighted by molar-refractivity contribution is 0.104. The van der Waals surface area contributed by atoms with E-state index in [1.54, 1.807) is 30.5 Å². The largest absolute Gasteiger partial charge is 0.508 e. The number of allylic oxidation sites excluding steroid dienone is 1. The van der Waals surface area contributed by atoms with Gasteiger partial charge in [-0.3, -0.25) is 9.78 Å². The summed E-state index contributed by atoms with van der Waals surface area (Å²) in [5.41, 5.74) is 1.02. The molecule has 1 heterocycles. The van der Waals surface area contributed by atoms with Crippen molar-refractivity contribution in [3.8, 4) is 23.0 Å². The smallest absolute Gasteiger partial charge is 0.193 e. The molecule has 132 valence electrons. The number of aromatic nitrogens is 1. The van der Waals surface area contributed by atoms with E-state index in [9.17, 15) is 15.0 Å². The summed E-state index contributed by atoms with van der Waals surface area (Å²) in [7, 11) is 2.82. The van der Waals surface area contributed by atoms with Gasteiger partial charge in [-0.25, -0.2) is 0 Å². The van der Waals surface area contributed by atoms with Gasteiger partial charge < -0.3 is 19.7 Å². The van der Waals surface area contributed by atoms with Gasteiger partial charge in [0.05, 0.1) is 14.2 Å². The predicted octanol–water partition coefficient (Wildman–Crippen LogP) is 3.56. The summed E-state index contributed by atoms with van der Waals surface area (Å²) >= 11 is 0. The standard InChI is InChI=1S/C20H17NO5/c1-25-19-14-7-4-10-21-17(14)20(26-2)16(18(19)24)15(23)9-8-12-5-3-6-13(22)11-12/h3-11,22,24H,1-2H3/b9-8+. The van der Waals surface area contributed by atoms with Crippen LogP contribution in [0.3, 0.4) is 0 Å². The molecule has 6 heteroatoms. The third-order valence-electron chi connectivity index (χ3n) is 3.90. The maximum Gasteiger partial charge on any atom is 0.193 e. The van der Waals surface area contributed by atoms with Crippen LogP contribution in [0.2, 0.25) is 0 Å². The van der Waals surface area contributed by atoms with Crippen molar-refractivity contribution in [3.63, 3.8) is 0 Å². The SMILES string of the molecule is COc1c(O)c(C(=O)/C=C/c2cccc(O)c2)c(OC)c2ncccc12. The average Bonchev–Trinajstić information content (AvgIpc) is 2.65. The van der Waals surface area contributed by atoms with Crippen LogP contribution in [0, 0.1) is 0 Å². The monoisotopic (exact) mass is 351 g/mol. The Hall–Kier alpha value is -3.54. The molecule has 0 aliphatic rings. The van der Waals surface area contributed by atoms with E-state index in [1.807, 2.05) is 0 Å². The number of methoxy groups -OCH3 is 2. The molecule has 0 radical (unpaired) electrons. The van der Waals surface area contributed by atoms with Crippen LogP contribution >= 0.6 is 0 Å². The Labute approximate surface area is 150 Å². The Bertz CT molecular complexity index is 1010. The average molecular weight is 351 g/mol. The third-order valence-corrected chi connectivity index (χ3v) is 3.90. The first-order valence-corrected chi connectivity index (χ1v) is 7.80. The number of fused-ring (bicyclic) bond motifs is 1. The van der Waals surface area contributed by atoms with E-state index in [2.05, 4.69) is 4.98 Å². The number of hydrogen-bond donors (Lipinski definition) is 2. The van der Waals surface area contributed by atoms with Crippen molar-refractivity contribution in [3.05, 3.63) is 59.8 Å². The summed E-state index contributed by atoms with van der Waals surface area (Å²) in [5.74, 6) is -0.368. The van der Waals surface area contributed by atoms with Crippen molar-refractivity contribution < 1.29 is 24.5 Å². The lowest BCUT2D eigenvalue weighted by Gasteiger charge is -2.15. The predicted molar refractivity (Wildman–Crippen MR) is 98.0 cm³/mol. The second-order valence-corrected chi connectivity index (χ2v) is 5.48. The number of benzene rings is 2. The Morgan fingerprint density at radius 1 is 1.08 bits per heavy atom. The highest BCUT2D eigenvalue weighted by molar-refractivity contribution is 6.15. The number of ether oxygens (including phenoxy) is 2. The molecule has 0 aliphatic carbocycles. The number of aromatic hydroxyl groups is 2. The fourth-order valence-corrected chi connectivity index (χ4v) is 2.75. The van der Waals surface area contributed by atoms with Crippen LogP contribution in [-0.2, 0) is 0 Å². The maximum atomic E-state index is 12.7. The first-order valence-electron chi connectivity index (χ1n) is 7.80. The summed E-state index contributed by atoms with van der Waals surface area (Å²) in [5, 5.41) is 20.6. The van der Waals surface area contributed by atoms with Crippen molar-refractivity contribution >= 4 is 22.8 Å². The van der Waals surface area contributed by atoms with Gasteiger partial charge >= 0.3 is 0 Å². The molecule has 0 aliphatic heterocycles. The summed E-state index contributed by atoms with van der Waals surface area (Å²) < 4.78 is 10.6. The van der Waals surface area contributed by atoms with Gasteiger partial charge in [0.25, 0.3) is 0 Å². The molecule has 2 N–H and O–H groups in total. The van der Waals surface area contributed by atoms with Gasteiger partial charge in [0.2, 0.25) is 0 Å². The fourth-order valence-electron chi connectivity index (χ4n) is 2.75. The first-order chi connectivity index (χ1) is 12.6. The van der Waals surface area contributed by atoms with E-state index >= 15 is 0 Å². The molecule has 26 heavy (non-hydrogen) atoms. The highest BCUT2D eigenvalue weighted by Gasteiger charge is 2.25. The van der Waals surface area contributed by atoms with Crippen LogP contribution in [0.5, 0.6) is 23.0 Å². The third kappa shape index (κ3) is 3.04. The van der Waals surface area contributed by atoms with E-state index in [0.717, 1.165) is 0 Å². The topological polar surface area (TPSA) is 88.9 Å². The first kappa shape index (κ1) is 17.3. The van der Waals surface area contributed by atoms with Gasteiger partial charge in [0.15, 0.2) is 23.0 Å². The quantitative estimate of drug-likeness (QED) is 0.540. The van der Waals surface area contributed by atoms with Crippen molar-refractivity contribution in [2.75, 3.05) is 14.2 Å². The summed E-state index contributed by atoms with van der Waals surface area (Å²) in [6.45, 7) is 0.